The maximum atomic E-state index is 13.5. The molecule has 7 heteroatoms. The highest BCUT2D eigenvalue weighted by molar-refractivity contribution is 5.97. The second-order valence-corrected chi connectivity index (χ2v) is 9.74. The molecule has 160 valence electrons. The lowest BCUT2D eigenvalue weighted by Crippen LogP contribution is -2.53. The third-order valence-electron chi connectivity index (χ3n) is 7.88. The van der Waals surface area contributed by atoms with Crippen LogP contribution in [-0.2, 0) is 16.0 Å². The summed E-state index contributed by atoms with van der Waals surface area (Å²) >= 11 is 0. The maximum absolute atomic E-state index is 13.5. The summed E-state index contributed by atoms with van der Waals surface area (Å²) < 4.78 is 5.20. The third kappa shape index (κ3) is 3.34. The fourth-order valence-corrected chi connectivity index (χ4v) is 6.99. The van der Waals surface area contributed by atoms with Gasteiger partial charge in [0.25, 0.3) is 5.91 Å². The van der Waals surface area contributed by atoms with Gasteiger partial charge in [0.15, 0.2) is 0 Å². The fraction of sp³-hybridized carbons (Fsp3) is 0.609. The Morgan fingerprint density at radius 2 is 1.87 bits per heavy atom. The van der Waals surface area contributed by atoms with Crippen LogP contribution in [0.1, 0.15) is 44.1 Å². The van der Waals surface area contributed by atoms with Crippen LogP contribution in [0.5, 0.6) is 0 Å². The second kappa shape index (κ2) is 7.29. The Kier molecular flexibility index (Phi) is 4.71. The van der Waals surface area contributed by atoms with Crippen LogP contribution >= 0.6 is 0 Å². The Balaban J connectivity index is 1.36. The molecule has 0 radical (unpaired) electrons. The molecule has 30 heavy (non-hydrogen) atoms. The summed E-state index contributed by atoms with van der Waals surface area (Å²) in [6, 6.07) is 8.32. The van der Waals surface area contributed by atoms with E-state index in [2.05, 4.69) is 5.32 Å². The van der Waals surface area contributed by atoms with Crippen molar-refractivity contribution in [1.82, 2.24) is 10.2 Å². The Morgan fingerprint density at radius 1 is 1.17 bits per heavy atom. The highest BCUT2D eigenvalue weighted by Crippen LogP contribution is 2.67. The molecule has 5 aliphatic rings. The summed E-state index contributed by atoms with van der Waals surface area (Å²) in [5.41, 5.74) is 1.04. The first-order valence-corrected chi connectivity index (χ1v) is 11.0. The quantitative estimate of drug-likeness (QED) is 0.746. The summed E-state index contributed by atoms with van der Waals surface area (Å²) in [6.45, 7) is 0.136. The van der Waals surface area contributed by atoms with Crippen LogP contribution in [0.25, 0.3) is 0 Å². The zero-order valence-electron chi connectivity index (χ0n) is 17.0. The molecule has 5 fully saturated rings. The normalized spacial score (nSPS) is 34.8. The van der Waals surface area contributed by atoms with E-state index in [9.17, 15) is 19.5 Å². The number of carbonyl (C=O) groups is 3. The van der Waals surface area contributed by atoms with E-state index in [1.54, 1.807) is 0 Å². The lowest BCUT2D eigenvalue weighted by Gasteiger charge is -2.36. The zero-order valence-corrected chi connectivity index (χ0v) is 17.0. The molecule has 4 aliphatic carbocycles. The van der Waals surface area contributed by atoms with Gasteiger partial charge in [0.2, 0.25) is 0 Å². The van der Waals surface area contributed by atoms with Crippen molar-refractivity contribution in [3.05, 3.63) is 35.9 Å². The van der Waals surface area contributed by atoms with Crippen LogP contribution in [0.3, 0.4) is 0 Å². The number of nitrogens with zero attached hydrogens (tertiary/aromatic N) is 1. The summed E-state index contributed by atoms with van der Waals surface area (Å²) in [4.78, 5) is 38.6. The van der Waals surface area contributed by atoms with Gasteiger partial charge in [0.05, 0.1) is 6.04 Å². The number of benzene rings is 1. The van der Waals surface area contributed by atoms with E-state index in [-0.39, 0.29) is 12.0 Å². The van der Waals surface area contributed by atoms with Crippen molar-refractivity contribution in [3.8, 4) is 0 Å². The number of amides is 3. The first kappa shape index (κ1) is 19.4. The van der Waals surface area contributed by atoms with Crippen LogP contribution < -0.4 is 5.32 Å². The lowest BCUT2D eigenvalue weighted by atomic mass is 9.71. The van der Waals surface area contributed by atoms with Crippen LogP contribution in [-0.4, -0.2) is 46.8 Å². The molecule has 1 aliphatic heterocycles. The molecule has 2 unspecified atom stereocenters. The van der Waals surface area contributed by atoms with Gasteiger partial charge in [0.1, 0.15) is 12.6 Å². The predicted octanol–water partition coefficient (Wildman–Crippen LogP) is 3.43. The van der Waals surface area contributed by atoms with Gasteiger partial charge in [0, 0.05) is 0 Å². The molecule has 1 aromatic carbocycles. The molecule has 4 atom stereocenters. The average molecular weight is 412 g/mol. The largest absolute Gasteiger partial charge is 0.465 e. The third-order valence-corrected chi connectivity index (χ3v) is 7.88. The first-order chi connectivity index (χ1) is 14.4. The van der Waals surface area contributed by atoms with Gasteiger partial charge >= 0.3 is 12.2 Å². The van der Waals surface area contributed by atoms with Crippen LogP contribution in [0.15, 0.2) is 30.3 Å². The highest BCUT2D eigenvalue weighted by Gasteiger charge is 2.59. The lowest BCUT2D eigenvalue weighted by molar-refractivity contribution is -0.132. The molecule has 0 aromatic heterocycles. The number of rotatable bonds is 6. The smallest absolute Gasteiger partial charge is 0.417 e. The van der Waals surface area contributed by atoms with Crippen LogP contribution in [0.4, 0.5) is 9.59 Å². The molecular weight excluding hydrogens is 384 g/mol. The number of imide groups is 1. The van der Waals surface area contributed by atoms with Crippen LogP contribution in [0.2, 0.25) is 0 Å². The van der Waals surface area contributed by atoms with Crippen molar-refractivity contribution in [2.24, 2.45) is 23.2 Å². The van der Waals surface area contributed by atoms with E-state index >= 15 is 0 Å². The Hall–Kier alpha value is -2.57. The highest BCUT2D eigenvalue weighted by atomic mass is 16.6. The summed E-state index contributed by atoms with van der Waals surface area (Å²) in [7, 11) is 0. The van der Waals surface area contributed by atoms with Gasteiger partial charge in [-0.25, -0.2) is 14.5 Å². The van der Waals surface area contributed by atoms with Crippen LogP contribution in [0, 0.1) is 23.2 Å². The van der Waals surface area contributed by atoms with Crippen molar-refractivity contribution in [1.29, 1.82) is 0 Å². The van der Waals surface area contributed by atoms with E-state index in [4.69, 9.17) is 4.74 Å². The standard InChI is InChI=1S/C23H28N2O5/c26-20(25-18(13-30-22(25)29)9-14-4-2-1-3-5-14)19(24-21(27)28)12-23-10-15-6-16(11-23)8-17(23)7-15/h1-5,15-19,24H,6-13H2,(H,27,28)/t15?,16?,17?,18-,19-,23?/m0/s1. The Labute approximate surface area is 175 Å². The first-order valence-electron chi connectivity index (χ1n) is 11.0. The van der Waals surface area contributed by atoms with E-state index in [0.717, 1.165) is 23.3 Å². The number of carboxylic acid groups (broad SMARTS) is 1. The summed E-state index contributed by atoms with van der Waals surface area (Å²) in [5.74, 6) is 1.54. The molecule has 3 amide bonds. The number of ether oxygens (including phenoxy) is 1. The molecule has 1 heterocycles. The van der Waals surface area contributed by atoms with Crippen molar-refractivity contribution in [2.45, 2.75) is 57.0 Å². The van der Waals surface area contributed by atoms with Gasteiger partial charge in [-0.3, -0.25) is 4.79 Å². The van der Waals surface area contributed by atoms with Gasteiger partial charge in [-0.1, -0.05) is 30.3 Å². The molecule has 1 aromatic rings. The molecule has 0 spiro atoms. The number of carbonyl (C=O) groups excluding carboxylic acids is 2. The topological polar surface area (TPSA) is 95.9 Å². The Morgan fingerprint density at radius 3 is 2.53 bits per heavy atom. The summed E-state index contributed by atoms with van der Waals surface area (Å²) in [5, 5.41) is 11.9. The minimum Gasteiger partial charge on any atom is -0.465 e. The minimum atomic E-state index is -1.23. The molecule has 4 saturated carbocycles. The predicted molar refractivity (Wildman–Crippen MR) is 108 cm³/mol. The number of cyclic esters (lactones) is 1. The SMILES string of the molecule is O=C(O)N[C@@H](CC12CC3CC(CC1C3)C2)C(=O)N1C(=O)OC[C@@H]1Cc1ccccc1. The van der Waals surface area contributed by atoms with E-state index < -0.39 is 30.2 Å². The van der Waals surface area contributed by atoms with E-state index in [0.29, 0.717) is 30.6 Å². The molecule has 4 bridgehead atoms. The molecule has 2 N–H and O–H groups in total. The molecule has 6 rings (SSSR count). The maximum Gasteiger partial charge on any atom is 0.417 e. The van der Waals surface area contributed by atoms with Crippen molar-refractivity contribution in [2.75, 3.05) is 6.61 Å². The molecule has 7 nitrogen and oxygen atoms in total. The molecular formula is C23H28N2O5. The number of hydrogen-bond donors (Lipinski definition) is 2. The van der Waals surface area contributed by atoms with Crippen molar-refractivity contribution >= 4 is 18.1 Å². The Bertz CT molecular complexity index is 842. The fourth-order valence-electron chi connectivity index (χ4n) is 6.99. The number of hydrogen-bond acceptors (Lipinski definition) is 4. The number of nitrogens with one attached hydrogen (secondary N) is 1. The van der Waals surface area contributed by atoms with E-state index in [1.807, 2.05) is 30.3 Å². The van der Waals surface area contributed by atoms with Crippen molar-refractivity contribution < 1.29 is 24.2 Å². The van der Waals surface area contributed by atoms with Gasteiger partial charge in [-0.05, 0) is 73.7 Å². The minimum absolute atomic E-state index is 0.0366. The second-order valence-electron chi connectivity index (χ2n) is 9.74. The average Bonchev–Trinajstić information content (AvgIpc) is 3.26. The van der Waals surface area contributed by atoms with Crippen molar-refractivity contribution in [3.63, 3.8) is 0 Å². The van der Waals surface area contributed by atoms with E-state index in [1.165, 1.54) is 19.3 Å². The van der Waals surface area contributed by atoms with Gasteiger partial charge in [-0.2, -0.15) is 0 Å². The molecule has 1 saturated heterocycles. The summed E-state index contributed by atoms with van der Waals surface area (Å²) in [6.07, 6.45) is 4.92. The monoisotopic (exact) mass is 412 g/mol. The van der Waals surface area contributed by atoms with Gasteiger partial charge in [-0.15, -0.1) is 0 Å². The zero-order chi connectivity index (χ0) is 20.9. The van der Waals surface area contributed by atoms with Gasteiger partial charge < -0.3 is 15.2 Å².